The van der Waals surface area contributed by atoms with Gasteiger partial charge >= 0.3 is 0 Å². The zero-order valence-corrected chi connectivity index (χ0v) is 14.5. The number of aromatic nitrogens is 2. The molecule has 0 atom stereocenters. The van der Waals surface area contributed by atoms with Crippen molar-refractivity contribution in [1.29, 1.82) is 0 Å². The first kappa shape index (κ1) is 16.6. The van der Waals surface area contributed by atoms with E-state index < -0.39 is 0 Å². The highest BCUT2D eigenvalue weighted by Gasteiger charge is 2.28. The van der Waals surface area contributed by atoms with Crippen LogP contribution in [-0.4, -0.2) is 53.3 Å². The summed E-state index contributed by atoms with van der Waals surface area (Å²) in [5, 5.41) is 4.50. The van der Waals surface area contributed by atoms with E-state index in [9.17, 15) is 9.18 Å². The molecule has 1 aliphatic rings. The van der Waals surface area contributed by atoms with E-state index >= 15 is 0 Å². The lowest BCUT2D eigenvalue weighted by atomic mass is 10.1. The van der Waals surface area contributed by atoms with Gasteiger partial charge in [0.2, 0.25) is 0 Å². The molecule has 0 spiro atoms. The van der Waals surface area contributed by atoms with Gasteiger partial charge in [0.05, 0.1) is 55.4 Å². The van der Waals surface area contributed by atoms with Gasteiger partial charge in [-0.1, -0.05) is 0 Å². The number of benzene rings is 1. The molecule has 3 rings (SSSR count). The maximum absolute atomic E-state index is 13.1. The molecule has 1 amide bonds. The van der Waals surface area contributed by atoms with Gasteiger partial charge in [-0.3, -0.25) is 4.79 Å². The lowest BCUT2D eigenvalue weighted by Crippen LogP contribution is -3.14. The van der Waals surface area contributed by atoms with E-state index in [1.165, 1.54) is 17.0 Å². The van der Waals surface area contributed by atoms with Crippen LogP contribution in [-0.2, 0) is 0 Å². The van der Waals surface area contributed by atoms with Crippen molar-refractivity contribution < 1.29 is 14.1 Å². The van der Waals surface area contributed by atoms with Gasteiger partial charge in [0.15, 0.2) is 0 Å². The fourth-order valence-corrected chi connectivity index (χ4v) is 3.32. The van der Waals surface area contributed by atoms with Gasteiger partial charge in [-0.15, -0.1) is 0 Å². The molecule has 0 unspecified atom stereocenters. The molecule has 0 aliphatic carbocycles. The van der Waals surface area contributed by atoms with Gasteiger partial charge in [0.1, 0.15) is 5.82 Å². The summed E-state index contributed by atoms with van der Waals surface area (Å²) in [5.74, 6) is -0.235. The van der Waals surface area contributed by atoms with Crippen molar-refractivity contribution in [2.45, 2.75) is 20.8 Å². The van der Waals surface area contributed by atoms with E-state index in [0.717, 1.165) is 44.1 Å². The number of likely N-dealkylation sites (N-methyl/N-ethyl adjacent to an activating group) is 1. The van der Waals surface area contributed by atoms with Crippen LogP contribution in [0.15, 0.2) is 24.3 Å². The summed E-state index contributed by atoms with van der Waals surface area (Å²) in [7, 11) is 0. The van der Waals surface area contributed by atoms with E-state index in [4.69, 9.17) is 0 Å². The third kappa shape index (κ3) is 3.06. The van der Waals surface area contributed by atoms with E-state index in [0.29, 0.717) is 11.3 Å². The van der Waals surface area contributed by atoms with Crippen molar-refractivity contribution in [2.75, 3.05) is 32.7 Å². The monoisotopic (exact) mass is 331 g/mol. The number of nitrogens with zero attached hydrogens (tertiary/aromatic N) is 3. The smallest absolute Gasteiger partial charge is 0.258 e. The van der Waals surface area contributed by atoms with Gasteiger partial charge in [-0.2, -0.15) is 5.10 Å². The third-order valence-electron chi connectivity index (χ3n) is 4.83. The number of nitrogens with one attached hydrogen (secondary N) is 1. The number of hydrogen-bond acceptors (Lipinski definition) is 2. The van der Waals surface area contributed by atoms with E-state index in [1.54, 1.807) is 16.8 Å². The lowest BCUT2D eigenvalue weighted by molar-refractivity contribution is -0.902. The Morgan fingerprint density at radius 1 is 1.21 bits per heavy atom. The van der Waals surface area contributed by atoms with Crippen molar-refractivity contribution in [3.63, 3.8) is 0 Å². The number of amides is 1. The minimum Gasteiger partial charge on any atom is -0.332 e. The Hall–Kier alpha value is -2.21. The number of rotatable bonds is 3. The molecular weight excluding hydrogens is 307 g/mol. The van der Waals surface area contributed by atoms with Gasteiger partial charge < -0.3 is 9.80 Å². The minimum atomic E-state index is -0.284. The maximum Gasteiger partial charge on any atom is 0.258 e. The Kier molecular flexibility index (Phi) is 4.66. The van der Waals surface area contributed by atoms with Crippen LogP contribution in [0.5, 0.6) is 0 Å². The molecule has 2 heterocycles. The van der Waals surface area contributed by atoms with Crippen LogP contribution in [0.4, 0.5) is 4.39 Å². The van der Waals surface area contributed by atoms with Crippen molar-refractivity contribution in [3.8, 4) is 5.69 Å². The largest absolute Gasteiger partial charge is 0.332 e. The van der Waals surface area contributed by atoms with E-state index in [-0.39, 0.29) is 11.7 Å². The summed E-state index contributed by atoms with van der Waals surface area (Å²) in [6, 6.07) is 6.15. The fraction of sp³-hybridized carbons (Fsp3) is 0.444. The predicted octanol–water partition coefficient (Wildman–Crippen LogP) is 0.989. The van der Waals surface area contributed by atoms with Crippen LogP contribution in [0.3, 0.4) is 0 Å². The molecule has 1 saturated heterocycles. The average molecular weight is 331 g/mol. The first-order valence-electron chi connectivity index (χ1n) is 8.46. The quantitative estimate of drug-likeness (QED) is 0.911. The molecule has 0 bridgehead atoms. The molecule has 1 aromatic carbocycles. The summed E-state index contributed by atoms with van der Waals surface area (Å²) in [6.45, 7) is 10.6. The predicted molar refractivity (Wildman–Crippen MR) is 90.1 cm³/mol. The molecule has 1 aliphatic heterocycles. The van der Waals surface area contributed by atoms with Crippen molar-refractivity contribution in [3.05, 3.63) is 47.0 Å². The number of halogens is 1. The van der Waals surface area contributed by atoms with Crippen LogP contribution in [0.25, 0.3) is 5.69 Å². The molecule has 1 N–H and O–H groups in total. The van der Waals surface area contributed by atoms with Crippen LogP contribution in [0, 0.1) is 19.7 Å². The van der Waals surface area contributed by atoms with Gasteiger partial charge in [-0.25, -0.2) is 9.07 Å². The zero-order valence-electron chi connectivity index (χ0n) is 14.5. The summed E-state index contributed by atoms with van der Waals surface area (Å²) >= 11 is 0. The number of hydrogen-bond donors (Lipinski definition) is 1. The first-order valence-corrected chi connectivity index (χ1v) is 8.46. The van der Waals surface area contributed by atoms with Gasteiger partial charge in [-0.05, 0) is 45.0 Å². The van der Waals surface area contributed by atoms with Gasteiger partial charge in [0.25, 0.3) is 5.91 Å². The Bertz CT molecular complexity index is 730. The summed E-state index contributed by atoms with van der Waals surface area (Å²) in [5.41, 5.74) is 2.94. The lowest BCUT2D eigenvalue weighted by Gasteiger charge is -2.31. The highest BCUT2D eigenvalue weighted by atomic mass is 19.1. The summed E-state index contributed by atoms with van der Waals surface area (Å²) < 4.78 is 14.8. The minimum absolute atomic E-state index is 0.0496. The summed E-state index contributed by atoms with van der Waals surface area (Å²) in [4.78, 5) is 16.4. The SMILES string of the molecule is CC[NH+]1CCN(C(=O)c2c(C)nn(-c3ccc(F)cc3)c2C)CC1. The molecular formula is C18H24FN4O+. The maximum atomic E-state index is 13.1. The first-order chi connectivity index (χ1) is 11.5. The molecule has 24 heavy (non-hydrogen) atoms. The normalized spacial score (nSPS) is 15.8. The highest BCUT2D eigenvalue weighted by molar-refractivity contribution is 5.96. The molecule has 6 heteroatoms. The zero-order chi connectivity index (χ0) is 17.3. The topological polar surface area (TPSA) is 42.6 Å². The van der Waals surface area contributed by atoms with E-state index in [1.807, 2.05) is 18.7 Å². The van der Waals surface area contributed by atoms with E-state index in [2.05, 4.69) is 12.0 Å². The second-order valence-electron chi connectivity index (χ2n) is 6.33. The molecule has 5 nitrogen and oxygen atoms in total. The molecule has 0 radical (unpaired) electrons. The van der Waals surface area contributed by atoms with Crippen molar-refractivity contribution >= 4 is 5.91 Å². The Morgan fingerprint density at radius 2 is 1.83 bits per heavy atom. The van der Waals surface area contributed by atoms with Crippen molar-refractivity contribution in [2.24, 2.45) is 0 Å². The standard InChI is InChI=1S/C18H23FN4O/c1-4-21-9-11-22(12-10-21)18(24)17-13(2)20-23(14(17)3)16-7-5-15(19)6-8-16/h5-8H,4,9-12H2,1-3H3/p+1. The van der Waals surface area contributed by atoms with Crippen LogP contribution in [0.1, 0.15) is 28.7 Å². The Morgan fingerprint density at radius 3 is 2.42 bits per heavy atom. The highest BCUT2D eigenvalue weighted by Crippen LogP contribution is 2.20. The third-order valence-corrected chi connectivity index (χ3v) is 4.83. The Labute approximate surface area is 141 Å². The molecule has 1 fully saturated rings. The number of carbonyl (C=O) groups is 1. The summed E-state index contributed by atoms with van der Waals surface area (Å²) in [6.07, 6.45) is 0. The molecule has 2 aromatic rings. The number of aryl methyl sites for hydroxylation is 1. The van der Waals surface area contributed by atoms with Crippen LogP contribution in [0.2, 0.25) is 0 Å². The average Bonchev–Trinajstić information content (AvgIpc) is 2.89. The second kappa shape index (κ2) is 6.73. The molecule has 1 aromatic heterocycles. The number of piperazine rings is 1. The molecule has 128 valence electrons. The second-order valence-corrected chi connectivity index (χ2v) is 6.33. The Balaban J connectivity index is 1.86. The van der Waals surface area contributed by atoms with Gasteiger partial charge in [0, 0.05) is 0 Å². The van der Waals surface area contributed by atoms with Crippen LogP contribution >= 0.6 is 0 Å². The number of carbonyl (C=O) groups excluding carboxylic acids is 1. The van der Waals surface area contributed by atoms with Crippen LogP contribution < -0.4 is 4.90 Å². The fourth-order valence-electron chi connectivity index (χ4n) is 3.32. The number of quaternary nitrogens is 1. The van der Waals surface area contributed by atoms with Crippen molar-refractivity contribution in [1.82, 2.24) is 14.7 Å². The molecule has 0 saturated carbocycles.